The van der Waals surface area contributed by atoms with Gasteiger partial charge in [-0.1, -0.05) is 18.2 Å². The molecule has 2 aromatic carbocycles. The molecule has 0 saturated carbocycles. The van der Waals surface area contributed by atoms with Gasteiger partial charge >= 0.3 is 0 Å². The zero-order valence-electron chi connectivity index (χ0n) is 15.8. The third kappa shape index (κ3) is 4.55. The smallest absolute Gasteiger partial charge is 0.293 e. The van der Waals surface area contributed by atoms with Crippen LogP contribution in [0.2, 0.25) is 0 Å². The van der Waals surface area contributed by atoms with Gasteiger partial charge in [-0.25, -0.2) is 0 Å². The molecule has 0 spiro atoms. The first kappa shape index (κ1) is 19.6. The lowest BCUT2D eigenvalue weighted by Crippen LogP contribution is -2.11. The summed E-state index contributed by atoms with van der Waals surface area (Å²) in [4.78, 5) is 23.7. The zero-order chi connectivity index (χ0) is 20.3. The summed E-state index contributed by atoms with van der Waals surface area (Å²) in [5.74, 6) is 0.433. The Morgan fingerprint density at radius 3 is 2.57 bits per heavy atom. The van der Waals surface area contributed by atoms with E-state index >= 15 is 0 Å². The minimum absolute atomic E-state index is 0.122. The fourth-order valence-corrected chi connectivity index (χ4v) is 3.47. The number of nitrogens with zero attached hydrogens (tertiary/aromatic N) is 1. The Kier molecular flexibility index (Phi) is 5.75. The van der Waals surface area contributed by atoms with Crippen molar-refractivity contribution in [2.45, 2.75) is 27.4 Å². The van der Waals surface area contributed by atoms with Crippen LogP contribution in [0.15, 0.2) is 47.8 Å². The molecule has 144 valence electrons. The molecule has 0 bridgehead atoms. The number of rotatable bonds is 6. The molecule has 3 rings (SSSR count). The Hall–Kier alpha value is -3.19. The van der Waals surface area contributed by atoms with Crippen molar-refractivity contribution < 1.29 is 14.5 Å². The molecule has 7 heteroatoms. The largest absolute Gasteiger partial charge is 0.489 e. The van der Waals surface area contributed by atoms with Crippen molar-refractivity contribution in [2.24, 2.45) is 0 Å². The monoisotopic (exact) mass is 396 g/mol. The maximum absolute atomic E-state index is 12.5. The third-order valence-corrected chi connectivity index (χ3v) is 5.19. The van der Waals surface area contributed by atoms with E-state index in [4.69, 9.17) is 4.74 Å². The topological polar surface area (TPSA) is 81.5 Å². The van der Waals surface area contributed by atoms with Crippen LogP contribution in [-0.2, 0) is 6.61 Å². The molecule has 28 heavy (non-hydrogen) atoms. The third-order valence-electron chi connectivity index (χ3n) is 4.21. The summed E-state index contributed by atoms with van der Waals surface area (Å²) in [6, 6.07) is 12.5. The van der Waals surface area contributed by atoms with Crippen LogP contribution in [0.25, 0.3) is 0 Å². The number of hydrogen-bond acceptors (Lipinski definition) is 5. The molecular weight excluding hydrogens is 376 g/mol. The van der Waals surface area contributed by atoms with Crippen molar-refractivity contribution in [1.82, 2.24) is 0 Å². The minimum atomic E-state index is -0.500. The van der Waals surface area contributed by atoms with Crippen molar-refractivity contribution >= 4 is 28.6 Å². The highest BCUT2D eigenvalue weighted by Gasteiger charge is 2.18. The molecule has 0 aliphatic rings. The second kappa shape index (κ2) is 8.22. The van der Waals surface area contributed by atoms with E-state index < -0.39 is 4.92 Å². The first-order valence-electron chi connectivity index (χ1n) is 8.67. The molecule has 0 fully saturated rings. The number of aryl methyl sites for hydroxylation is 3. The van der Waals surface area contributed by atoms with Crippen molar-refractivity contribution in [3.63, 3.8) is 0 Å². The number of nitro benzene ring substituents is 1. The summed E-state index contributed by atoms with van der Waals surface area (Å²) in [7, 11) is 0. The number of anilines is 1. The summed E-state index contributed by atoms with van der Waals surface area (Å²) in [6.07, 6.45) is 0. The predicted molar refractivity (Wildman–Crippen MR) is 110 cm³/mol. The van der Waals surface area contributed by atoms with Crippen LogP contribution in [0.1, 0.15) is 31.9 Å². The Balaban J connectivity index is 1.69. The molecule has 0 aliphatic carbocycles. The summed E-state index contributed by atoms with van der Waals surface area (Å²) in [6.45, 7) is 6.10. The SMILES string of the molecule is Cc1ccc(C)c(OCc2csc(C(=O)Nc3ccc(C)cc3[N+](=O)[O-])c2)c1. The first-order chi connectivity index (χ1) is 13.3. The van der Waals surface area contributed by atoms with Crippen LogP contribution in [0.4, 0.5) is 11.4 Å². The lowest BCUT2D eigenvalue weighted by molar-refractivity contribution is -0.384. The maximum atomic E-state index is 12.5. The summed E-state index contributed by atoms with van der Waals surface area (Å²) >= 11 is 1.27. The van der Waals surface area contributed by atoms with Gasteiger partial charge in [0.05, 0.1) is 9.80 Å². The number of nitro groups is 1. The summed E-state index contributed by atoms with van der Waals surface area (Å²) in [5, 5.41) is 15.7. The standard InChI is InChI=1S/C21H20N2O4S/c1-13-5-7-17(18(8-13)23(25)26)22-21(24)20-10-16(12-28-20)11-27-19-9-14(2)4-6-15(19)3/h4-10,12H,11H2,1-3H3,(H,22,24). The zero-order valence-corrected chi connectivity index (χ0v) is 16.6. The minimum Gasteiger partial charge on any atom is -0.489 e. The van der Waals surface area contributed by atoms with Crippen LogP contribution in [0.3, 0.4) is 0 Å². The van der Waals surface area contributed by atoms with Gasteiger partial charge in [-0.3, -0.25) is 14.9 Å². The number of amides is 1. The number of carbonyl (C=O) groups excluding carboxylic acids is 1. The highest BCUT2D eigenvalue weighted by atomic mass is 32.1. The van der Waals surface area contributed by atoms with E-state index in [1.165, 1.54) is 17.4 Å². The number of ether oxygens (including phenoxy) is 1. The van der Waals surface area contributed by atoms with Gasteiger partial charge in [-0.2, -0.15) is 0 Å². The molecule has 0 atom stereocenters. The van der Waals surface area contributed by atoms with Crippen molar-refractivity contribution in [2.75, 3.05) is 5.32 Å². The number of carbonyl (C=O) groups is 1. The van der Waals surface area contributed by atoms with E-state index in [1.807, 2.05) is 37.4 Å². The van der Waals surface area contributed by atoms with E-state index in [2.05, 4.69) is 5.32 Å². The predicted octanol–water partition coefficient (Wildman–Crippen LogP) is 5.41. The Bertz CT molecular complexity index is 1040. The van der Waals surface area contributed by atoms with E-state index in [9.17, 15) is 14.9 Å². The van der Waals surface area contributed by atoms with Crippen molar-refractivity contribution in [3.8, 4) is 5.75 Å². The number of thiophene rings is 1. The Morgan fingerprint density at radius 1 is 1.11 bits per heavy atom. The highest BCUT2D eigenvalue weighted by molar-refractivity contribution is 7.12. The van der Waals surface area contributed by atoms with Crippen LogP contribution < -0.4 is 10.1 Å². The van der Waals surface area contributed by atoms with Gasteiger partial charge in [0.15, 0.2) is 0 Å². The molecule has 1 heterocycles. The molecule has 0 unspecified atom stereocenters. The molecule has 0 saturated heterocycles. The van der Waals surface area contributed by atoms with E-state index in [0.717, 1.165) is 28.0 Å². The van der Waals surface area contributed by atoms with Crippen LogP contribution in [0.5, 0.6) is 5.75 Å². The second-order valence-corrected chi connectivity index (χ2v) is 7.52. The fraction of sp³-hybridized carbons (Fsp3) is 0.190. The number of benzene rings is 2. The number of nitrogens with one attached hydrogen (secondary N) is 1. The van der Waals surface area contributed by atoms with E-state index in [-0.39, 0.29) is 17.3 Å². The van der Waals surface area contributed by atoms with Crippen LogP contribution >= 0.6 is 11.3 Å². The molecule has 1 amide bonds. The molecule has 1 N–H and O–H groups in total. The van der Waals surface area contributed by atoms with Gasteiger partial charge in [-0.05, 0) is 61.0 Å². The van der Waals surface area contributed by atoms with Gasteiger partial charge in [0.2, 0.25) is 0 Å². The van der Waals surface area contributed by atoms with Gasteiger partial charge in [0.1, 0.15) is 18.0 Å². The van der Waals surface area contributed by atoms with Gasteiger partial charge in [0, 0.05) is 11.6 Å². The summed E-state index contributed by atoms with van der Waals surface area (Å²) in [5.41, 5.74) is 3.85. The molecular formula is C21H20N2O4S. The average Bonchev–Trinajstić information content (AvgIpc) is 3.13. The van der Waals surface area contributed by atoms with Crippen LogP contribution in [0, 0.1) is 30.9 Å². The summed E-state index contributed by atoms with van der Waals surface area (Å²) < 4.78 is 5.86. The Morgan fingerprint density at radius 2 is 1.82 bits per heavy atom. The van der Waals surface area contributed by atoms with Gasteiger partial charge < -0.3 is 10.1 Å². The number of hydrogen-bond donors (Lipinski definition) is 1. The molecule has 6 nitrogen and oxygen atoms in total. The lowest BCUT2D eigenvalue weighted by atomic mass is 10.1. The van der Waals surface area contributed by atoms with Crippen LogP contribution in [-0.4, -0.2) is 10.8 Å². The normalized spacial score (nSPS) is 10.5. The highest BCUT2D eigenvalue weighted by Crippen LogP contribution is 2.27. The first-order valence-corrected chi connectivity index (χ1v) is 9.55. The Labute approximate surface area is 166 Å². The van der Waals surface area contributed by atoms with E-state index in [1.54, 1.807) is 25.1 Å². The molecule has 1 aromatic heterocycles. The maximum Gasteiger partial charge on any atom is 0.293 e. The average molecular weight is 396 g/mol. The second-order valence-electron chi connectivity index (χ2n) is 6.61. The quantitative estimate of drug-likeness (QED) is 0.446. The molecule has 0 radical (unpaired) electrons. The van der Waals surface area contributed by atoms with E-state index in [0.29, 0.717) is 11.5 Å². The van der Waals surface area contributed by atoms with Crippen molar-refractivity contribution in [1.29, 1.82) is 0 Å². The van der Waals surface area contributed by atoms with Gasteiger partial charge in [0.25, 0.3) is 11.6 Å². The van der Waals surface area contributed by atoms with Crippen molar-refractivity contribution in [3.05, 3.63) is 85.1 Å². The van der Waals surface area contributed by atoms with Gasteiger partial charge in [-0.15, -0.1) is 11.3 Å². The lowest BCUT2D eigenvalue weighted by Gasteiger charge is -2.09. The fourth-order valence-electron chi connectivity index (χ4n) is 2.68. The molecule has 3 aromatic rings. The molecule has 0 aliphatic heterocycles.